The van der Waals surface area contributed by atoms with Crippen molar-refractivity contribution in [1.82, 2.24) is 19.5 Å². The second-order valence-electron chi connectivity index (χ2n) is 3.65. The van der Waals surface area contributed by atoms with Crippen LogP contribution < -0.4 is 5.73 Å². The van der Waals surface area contributed by atoms with E-state index in [-0.39, 0.29) is 0 Å². The highest BCUT2D eigenvalue weighted by molar-refractivity contribution is 7.16. The average molecular weight is 253 g/mol. The number of imidazole rings is 1. The molecule has 17 heavy (non-hydrogen) atoms. The first-order valence-corrected chi connectivity index (χ1v) is 6.33. The Bertz CT molecular complexity index is 487. The van der Waals surface area contributed by atoms with E-state index < -0.39 is 0 Å². The second kappa shape index (κ2) is 5.89. The first kappa shape index (κ1) is 12.2. The summed E-state index contributed by atoms with van der Waals surface area (Å²) in [6.07, 6.45) is 5.96. The van der Waals surface area contributed by atoms with Gasteiger partial charge < -0.3 is 15.0 Å². The monoisotopic (exact) mass is 253 g/mol. The van der Waals surface area contributed by atoms with Crippen LogP contribution in [-0.4, -0.2) is 32.5 Å². The Balaban J connectivity index is 1.97. The summed E-state index contributed by atoms with van der Waals surface area (Å²) in [6, 6.07) is 0. The van der Waals surface area contributed by atoms with Gasteiger partial charge in [0.25, 0.3) is 0 Å². The van der Waals surface area contributed by atoms with Gasteiger partial charge in [-0.05, 0) is 12.8 Å². The fourth-order valence-corrected chi connectivity index (χ4v) is 1.80. The second-order valence-corrected chi connectivity index (χ2v) is 3.98. The minimum Gasteiger partial charge on any atom is -0.382 e. The van der Waals surface area contributed by atoms with Gasteiger partial charge in [-0.15, -0.1) is 9.24 Å². The third-order valence-electron chi connectivity index (χ3n) is 2.49. The molecule has 1 atom stereocenters. The van der Waals surface area contributed by atoms with E-state index in [1.54, 1.807) is 6.33 Å². The van der Waals surface area contributed by atoms with Crippen molar-refractivity contribution in [3.63, 3.8) is 0 Å². The molecule has 7 heteroatoms. The third-order valence-corrected chi connectivity index (χ3v) is 2.72. The molecular formula is C10H16N5OP. The van der Waals surface area contributed by atoms with E-state index in [1.807, 2.05) is 4.57 Å². The highest BCUT2D eigenvalue weighted by atomic mass is 31.0. The molecule has 0 amide bonds. The summed E-state index contributed by atoms with van der Waals surface area (Å²) in [5.41, 5.74) is 7.19. The molecule has 0 fully saturated rings. The number of unbranched alkanes of at least 4 members (excludes halogenated alkanes) is 1. The van der Waals surface area contributed by atoms with Crippen molar-refractivity contribution in [2.75, 3.05) is 18.7 Å². The Morgan fingerprint density at radius 1 is 1.29 bits per heavy atom. The van der Waals surface area contributed by atoms with Gasteiger partial charge in [-0.1, -0.05) is 0 Å². The first-order valence-electron chi connectivity index (χ1n) is 5.52. The number of aromatic nitrogens is 4. The molecule has 2 N–H and O–H groups in total. The number of fused-ring (bicyclic) bond motifs is 1. The van der Waals surface area contributed by atoms with Crippen molar-refractivity contribution in [2.45, 2.75) is 19.4 Å². The van der Waals surface area contributed by atoms with Crippen LogP contribution in [0.3, 0.4) is 0 Å². The van der Waals surface area contributed by atoms with E-state index in [4.69, 9.17) is 10.5 Å². The lowest BCUT2D eigenvalue weighted by molar-refractivity contribution is 0.176. The van der Waals surface area contributed by atoms with Crippen LogP contribution >= 0.6 is 9.24 Å². The summed E-state index contributed by atoms with van der Waals surface area (Å²) in [5, 5.41) is 0. The van der Waals surface area contributed by atoms with Crippen molar-refractivity contribution in [3.05, 3.63) is 12.7 Å². The summed E-state index contributed by atoms with van der Waals surface area (Å²) >= 11 is 0. The number of nitrogens with two attached hydrogens (primary N) is 1. The van der Waals surface area contributed by atoms with Crippen molar-refractivity contribution < 1.29 is 4.74 Å². The summed E-state index contributed by atoms with van der Waals surface area (Å²) in [6.45, 7) is 1.65. The lowest BCUT2D eigenvalue weighted by atomic mass is 10.3. The van der Waals surface area contributed by atoms with Crippen LogP contribution in [0.1, 0.15) is 12.8 Å². The van der Waals surface area contributed by atoms with Crippen molar-refractivity contribution in [2.24, 2.45) is 0 Å². The van der Waals surface area contributed by atoms with E-state index in [0.717, 1.165) is 31.6 Å². The van der Waals surface area contributed by atoms with Gasteiger partial charge in [0.2, 0.25) is 0 Å². The highest BCUT2D eigenvalue weighted by Gasteiger charge is 2.06. The molecule has 0 aliphatic heterocycles. The molecule has 0 aliphatic carbocycles. The smallest absolute Gasteiger partial charge is 0.165 e. The van der Waals surface area contributed by atoms with Crippen LogP contribution in [-0.2, 0) is 11.3 Å². The summed E-state index contributed by atoms with van der Waals surface area (Å²) in [5.74, 6) is 0.431. The largest absolute Gasteiger partial charge is 0.382 e. The Labute approximate surface area is 102 Å². The van der Waals surface area contributed by atoms with E-state index in [0.29, 0.717) is 17.7 Å². The highest BCUT2D eigenvalue weighted by Crippen LogP contribution is 2.14. The summed E-state index contributed by atoms with van der Waals surface area (Å²) in [7, 11) is 2.54. The number of aryl methyl sites for hydroxylation is 1. The van der Waals surface area contributed by atoms with Crippen molar-refractivity contribution in [3.8, 4) is 0 Å². The molecule has 2 aromatic heterocycles. The fourth-order valence-electron chi connectivity index (χ4n) is 1.63. The fraction of sp³-hybridized carbons (Fsp3) is 0.500. The standard InChI is InChI=1S/C10H16N5OP/c11-9-8-10(13-5-12-9)15(6-14-8)3-1-2-4-16-7-17/h5-6H,1-4,7,17H2,(H2,11,12,13). The first-order chi connectivity index (χ1) is 8.33. The van der Waals surface area contributed by atoms with Gasteiger partial charge in [-0.3, -0.25) is 0 Å². The molecule has 0 aliphatic rings. The van der Waals surface area contributed by atoms with E-state index in [9.17, 15) is 0 Å². The maximum absolute atomic E-state index is 5.71. The van der Waals surface area contributed by atoms with Gasteiger partial charge >= 0.3 is 0 Å². The molecule has 0 saturated carbocycles. The van der Waals surface area contributed by atoms with Gasteiger partial charge in [0.15, 0.2) is 11.5 Å². The topological polar surface area (TPSA) is 78.9 Å². The van der Waals surface area contributed by atoms with Crippen molar-refractivity contribution >= 4 is 26.2 Å². The zero-order valence-electron chi connectivity index (χ0n) is 9.54. The Hall–Kier alpha value is -1.26. The average Bonchev–Trinajstić information content (AvgIpc) is 2.74. The maximum atomic E-state index is 5.71. The van der Waals surface area contributed by atoms with Crippen molar-refractivity contribution in [1.29, 1.82) is 0 Å². The number of hydrogen-bond donors (Lipinski definition) is 1. The van der Waals surface area contributed by atoms with Crippen LogP contribution in [0.2, 0.25) is 0 Å². The lowest BCUT2D eigenvalue weighted by Gasteiger charge is -2.03. The van der Waals surface area contributed by atoms with Gasteiger partial charge in [0.05, 0.1) is 12.7 Å². The molecule has 0 bridgehead atoms. The van der Waals surface area contributed by atoms with Crippen LogP contribution in [0.4, 0.5) is 5.82 Å². The molecule has 1 unspecified atom stereocenters. The molecule has 92 valence electrons. The quantitative estimate of drug-likeness (QED) is 0.614. The van der Waals surface area contributed by atoms with Gasteiger partial charge in [-0.2, -0.15) is 0 Å². The van der Waals surface area contributed by atoms with Gasteiger partial charge in [0.1, 0.15) is 11.8 Å². The predicted molar refractivity (Wildman–Crippen MR) is 69.5 cm³/mol. The zero-order chi connectivity index (χ0) is 12.1. The van der Waals surface area contributed by atoms with Crippen LogP contribution in [0, 0.1) is 0 Å². The number of nitrogens with zero attached hydrogens (tertiary/aromatic N) is 4. The number of hydrogen-bond acceptors (Lipinski definition) is 5. The maximum Gasteiger partial charge on any atom is 0.165 e. The van der Waals surface area contributed by atoms with E-state index in [2.05, 4.69) is 24.2 Å². The van der Waals surface area contributed by atoms with Crippen LogP contribution in [0.5, 0.6) is 0 Å². The molecule has 0 aromatic carbocycles. The Morgan fingerprint density at radius 2 is 2.18 bits per heavy atom. The van der Waals surface area contributed by atoms with Gasteiger partial charge in [-0.25, -0.2) is 15.0 Å². The minimum absolute atomic E-state index is 0.431. The normalized spacial score (nSPS) is 11.1. The summed E-state index contributed by atoms with van der Waals surface area (Å²) in [4.78, 5) is 12.3. The number of rotatable bonds is 6. The Kier molecular flexibility index (Phi) is 4.23. The molecule has 0 saturated heterocycles. The molecule has 0 radical (unpaired) electrons. The number of nitrogen functional groups attached to an aromatic ring is 1. The van der Waals surface area contributed by atoms with E-state index in [1.165, 1.54) is 6.33 Å². The number of anilines is 1. The van der Waals surface area contributed by atoms with Crippen LogP contribution in [0.15, 0.2) is 12.7 Å². The third kappa shape index (κ3) is 2.90. The molecular weight excluding hydrogens is 237 g/mol. The predicted octanol–water partition coefficient (Wildman–Crippen LogP) is 1.04. The van der Waals surface area contributed by atoms with Gasteiger partial charge in [0, 0.05) is 13.2 Å². The van der Waals surface area contributed by atoms with Crippen LogP contribution in [0.25, 0.3) is 11.2 Å². The zero-order valence-corrected chi connectivity index (χ0v) is 10.7. The molecule has 2 aromatic rings. The molecule has 2 heterocycles. The number of ether oxygens (including phenoxy) is 1. The minimum atomic E-state index is 0.431. The van der Waals surface area contributed by atoms with E-state index >= 15 is 0 Å². The lowest BCUT2D eigenvalue weighted by Crippen LogP contribution is -2.01. The summed E-state index contributed by atoms with van der Waals surface area (Å²) < 4.78 is 7.25. The molecule has 2 rings (SSSR count). The molecule has 0 spiro atoms. The Morgan fingerprint density at radius 3 is 3.00 bits per heavy atom. The molecule has 6 nitrogen and oxygen atoms in total. The SMILES string of the molecule is Nc1ncnc2c1ncn2CCCCOCP.